The molecule has 0 radical (unpaired) electrons. The molecule has 1 amide bonds. The molecule has 25 heavy (non-hydrogen) atoms. The summed E-state index contributed by atoms with van der Waals surface area (Å²) in [6.45, 7) is 4.69. The lowest BCUT2D eigenvalue weighted by atomic mass is 9.91. The summed E-state index contributed by atoms with van der Waals surface area (Å²) in [4.78, 5) is 13.5. The monoisotopic (exact) mass is 338 g/mol. The maximum atomic E-state index is 11.8. The van der Waals surface area contributed by atoms with Crippen molar-refractivity contribution in [1.29, 1.82) is 0 Å². The number of fused-ring (bicyclic) bond motifs is 1. The van der Waals surface area contributed by atoms with Crippen molar-refractivity contribution in [2.24, 2.45) is 0 Å². The summed E-state index contributed by atoms with van der Waals surface area (Å²) in [6.07, 6.45) is 0.774. The van der Waals surface area contributed by atoms with E-state index in [4.69, 9.17) is 0 Å². The minimum Gasteiger partial charge on any atom is -0.387 e. The highest BCUT2D eigenvalue weighted by Crippen LogP contribution is 2.29. The molecule has 1 atom stereocenters. The molecule has 0 saturated heterocycles. The van der Waals surface area contributed by atoms with E-state index in [0.717, 1.165) is 23.2 Å². The number of carbonyl (C=O) groups excluding carboxylic acids is 1. The topological polar surface area (TPSA) is 52.6 Å². The quantitative estimate of drug-likeness (QED) is 0.880. The average molecular weight is 338 g/mol. The Balaban J connectivity index is 1.70. The number of aryl methyl sites for hydroxylation is 1. The van der Waals surface area contributed by atoms with E-state index in [0.29, 0.717) is 13.0 Å². The first-order valence-electron chi connectivity index (χ1n) is 8.75. The minimum absolute atomic E-state index is 0.172. The van der Waals surface area contributed by atoms with Gasteiger partial charge in [-0.25, -0.2) is 0 Å². The smallest absolute Gasteiger partial charge is 0.227 e. The van der Waals surface area contributed by atoms with E-state index in [1.165, 1.54) is 5.56 Å². The molecule has 4 nitrogen and oxygen atoms in total. The van der Waals surface area contributed by atoms with Crippen molar-refractivity contribution < 1.29 is 9.90 Å². The highest BCUT2D eigenvalue weighted by atomic mass is 16.3. The Morgan fingerprint density at radius 2 is 1.88 bits per heavy atom. The fourth-order valence-corrected chi connectivity index (χ4v) is 3.30. The lowest BCUT2D eigenvalue weighted by Gasteiger charge is -2.32. The van der Waals surface area contributed by atoms with Gasteiger partial charge in [0.15, 0.2) is 0 Å². The molecule has 3 rings (SSSR count). The summed E-state index contributed by atoms with van der Waals surface area (Å²) in [7, 11) is 1.83. The normalized spacial score (nSPS) is 15.8. The molecule has 0 unspecified atom stereocenters. The Bertz CT molecular complexity index is 756. The number of benzene rings is 2. The first kappa shape index (κ1) is 17.6. The third-order valence-electron chi connectivity index (χ3n) is 5.03. The number of aliphatic hydroxyl groups is 1. The third kappa shape index (κ3) is 3.75. The lowest BCUT2D eigenvalue weighted by Crippen LogP contribution is -2.44. The SMILES string of the molecule is CN1C(=O)CCc2cc(CNC(C)(C)[C@@H](O)c3ccccc3)ccc21. The summed E-state index contributed by atoms with van der Waals surface area (Å²) >= 11 is 0. The Morgan fingerprint density at radius 3 is 2.60 bits per heavy atom. The van der Waals surface area contributed by atoms with Crippen LogP contribution >= 0.6 is 0 Å². The predicted molar refractivity (Wildman–Crippen MR) is 100 cm³/mol. The van der Waals surface area contributed by atoms with Crippen LogP contribution in [0.15, 0.2) is 48.5 Å². The number of hydrogen-bond donors (Lipinski definition) is 2. The van der Waals surface area contributed by atoms with E-state index in [1.807, 2.05) is 63.4 Å². The number of carbonyl (C=O) groups is 1. The van der Waals surface area contributed by atoms with Crippen LogP contribution in [0.2, 0.25) is 0 Å². The number of rotatable bonds is 5. The van der Waals surface area contributed by atoms with E-state index in [1.54, 1.807) is 4.90 Å². The zero-order chi connectivity index (χ0) is 18.0. The predicted octanol–water partition coefficient (Wildman–Crippen LogP) is 3.20. The van der Waals surface area contributed by atoms with Crippen molar-refractivity contribution in [1.82, 2.24) is 5.32 Å². The van der Waals surface area contributed by atoms with E-state index >= 15 is 0 Å². The van der Waals surface area contributed by atoms with Crippen LogP contribution in [0.1, 0.15) is 43.1 Å². The van der Waals surface area contributed by atoms with Gasteiger partial charge in [-0.1, -0.05) is 42.5 Å². The number of hydrogen-bond acceptors (Lipinski definition) is 3. The summed E-state index contributed by atoms with van der Waals surface area (Å²) in [5.41, 5.74) is 3.83. The maximum Gasteiger partial charge on any atom is 0.227 e. The Hall–Kier alpha value is -2.17. The molecular formula is C21H26N2O2. The molecule has 0 bridgehead atoms. The molecular weight excluding hydrogens is 312 g/mol. The number of anilines is 1. The van der Waals surface area contributed by atoms with Gasteiger partial charge in [0.2, 0.25) is 5.91 Å². The molecule has 2 aromatic carbocycles. The van der Waals surface area contributed by atoms with Gasteiger partial charge in [-0.05, 0) is 43.0 Å². The molecule has 2 aromatic rings. The van der Waals surface area contributed by atoms with Crippen LogP contribution in [-0.4, -0.2) is 23.6 Å². The van der Waals surface area contributed by atoms with Crippen LogP contribution in [0.25, 0.3) is 0 Å². The standard InChI is InChI=1S/C21H26N2O2/c1-21(2,20(25)16-7-5-4-6-8-16)22-14-15-9-11-18-17(13-15)10-12-19(24)23(18)3/h4-9,11,13,20,22,25H,10,12,14H2,1-3H3/t20-/m0/s1. The van der Waals surface area contributed by atoms with Gasteiger partial charge in [-0.3, -0.25) is 4.79 Å². The number of aliphatic hydroxyl groups excluding tert-OH is 1. The molecule has 1 aliphatic heterocycles. The van der Waals surface area contributed by atoms with Crippen molar-refractivity contribution in [3.8, 4) is 0 Å². The summed E-state index contributed by atoms with van der Waals surface area (Å²) < 4.78 is 0. The molecule has 0 saturated carbocycles. The van der Waals surface area contributed by atoms with Crippen LogP contribution in [0, 0.1) is 0 Å². The average Bonchev–Trinajstić information content (AvgIpc) is 2.63. The molecule has 0 spiro atoms. The molecule has 0 fully saturated rings. The van der Waals surface area contributed by atoms with Crippen LogP contribution < -0.4 is 10.2 Å². The van der Waals surface area contributed by atoms with Crippen molar-refractivity contribution in [3.05, 3.63) is 65.2 Å². The summed E-state index contributed by atoms with van der Waals surface area (Å²) in [6, 6.07) is 15.9. The molecule has 4 heteroatoms. The van der Waals surface area contributed by atoms with Gasteiger partial charge in [-0.2, -0.15) is 0 Å². The molecule has 132 valence electrons. The fourth-order valence-electron chi connectivity index (χ4n) is 3.30. The van der Waals surface area contributed by atoms with E-state index < -0.39 is 11.6 Å². The van der Waals surface area contributed by atoms with Gasteiger partial charge in [0.1, 0.15) is 0 Å². The van der Waals surface area contributed by atoms with Gasteiger partial charge in [0, 0.05) is 31.2 Å². The minimum atomic E-state index is -0.588. The number of nitrogens with zero attached hydrogens (tertiary/aromatic N) is 1. The second-order valence-corrected chi connectivity index (χ2v) is 7.30. The molecule has 0 aliphatic carbocycles. The van der Waals surface area contributed by atoms with Crippen molar-refractivity contribution >= 4 is 11.6 Å². The van der Waals surface area contributed by atoms with Gasteiger partial charge in [0.05, 0.1) is 6.10 Å². The molecule has 1 aliphatic rings. The second-order valence-electron chi connectivity index (χ2n) is 7.30. The second kappa shape index (κ2) is 6.98. The van der Waals surface area contributed by atoms with Gasteiger partial charge in [0.25, 0.3) is 0 Å². The zero-order valence-electron chi connectivity index (χ0n) is 15.1. The molecule has 1 heterocycles. The Kier molecular flexibility index (Phi) is 4.93. The van der Waals surface area contributed by atoms with Crippen LogP contribution in [0.4, 0.5) is 5.69 Å². The fraction of sp³-hybridized carbons (Fsp3) is 0.381. The molecule has 2 N–H and O–H groups in total. The Labute approximate surface area is 149 Å². The van der Waals surface area contributed by atoms with Crippen molar-refractivity contribution in [3.63, 3.8) is 0 Å². The highest BCUT2D eigenvalue weighted by Gasteiger charge is 2.28. The van der Waals surface area contributed by atoms with E-state index in [-0.39, 0.29) is 5.91 Å². The highest BCUT2D eigenvalue weighted by molar-refractivity contribution is 5.95. The van der Waals surface area contributed by atoms with Crippen LogP contribution in [0.3, 0.4) is 0 Å². The lowest BCUT2D eigenvalue weighted by molar-refractivity contribution is -0.118. The van der Waals surface area contributed by atoms with Crippen LogP contribution in [0.5, 0.6) is 0 Å². The van der Waals surface area contributed by atoms with Crippen molar-refractivity contribution in [2.45, 2.75) is 44.9 Å². The summed E-state index contributed by atoms with van der Waals surface area (Å²) in [5.74, 6) is 0.172. The largest absolute Gasteiger partial charge is 0.387 e. The van der Waals surface area contributed by atoms with Crippen molar-refractivity contribution in [2.75, 3.05) is 11.9 Å². The maximum absolute atomic E-state index is 11.8. The third-order valence-corrected chi connectivity index (χ3v) is 5.03. The first-order valence-corrected chi connectivity index (χ1v) is 8.75. The number of nitrogens with one attached hydrogen (secondary N) is 1. The van der Waals surface area contributed by atoms with Gasteiger partial charge >= 0.3 is 0 Å². The van der Waals surface area contributed by atoms with Gasteiger partial charge in [-0.15, -0.1) is 0 Å². The van der Waals surface area contributed by atoms with Crippen LogP contribution in [-0.2, 0) is 17.8 Å². The number of amides is 1. The molecule has 0 aromatic heterocycles. The van der Waals surface area contributed by atoms with Gasteiger partial charge < -0.3 is 15.3 Å². The Morgan fingerprint density at radius 1 is 1.16 bits per heavy atom. The van der Waals surface area contributed by atoms with E-state index in [2.05, 4.69) is 11.4 Å². The first-order chi connectivity index (χ1) is 11.9. The van der Waals surface area contributed by atoms with E-state index in [9.17, 15) is 9.90 Å². The summed E-state index contributed by atoms with van der Waals surface area (Å²) in [5, 5.41) is 14.1. The zero-order valence-corrected chi connectivity index (χ0v) is 15.1.